The second kappa shape index (κ2) is 7.92. The van der Waals surface area contributed by atoms with Crippen LogP contribution in [-0.4, -0.2) is 31.6 Å². The number of aryl methyl sites for hydroxylation is 3. The van der Waals surface area contributed by atoms with E-state index in [0.717, 1.165) is 11.1 Å². The average molecular weight is 416 g/mol. The van der Waals surface area contributed by atoms with Crippen LogP contribution in [0.1, 0.15) is 27.2 Å². The number of benzene rings is 1. The lowest BCUT2D eigenvalue weighted by molar-refractivity contribution is 0.0987. The van der Waals surface area contributed by atoms with Crippen molar-refractivity contribution in [3.63, 3.8) is 0 Å². The lowest BCUT2D eigenvalue weighted by Gasteiger charge is -2.15. The first-order chi connectivity index (χ1) is 13.7. The quantitative estimate of drug-likeness (QED) is 0.633. The smallest absolute Gasteiger partial charge is 0.294 e. The number of sulfonamides is 1. The number of nitrogens with one attached hydrogen (secondary N) is 2. The minimum Gasteiger partial charge on any atom is -0.480 e. The highest BCUT2D eigenvalue weighted by atomic mass is 32.2. The van der Waals surface area contributed by atoms with Crippen LogP contribution in [0.15, 0.2) is 46.1 Å². The van der Waals surface area contributed by atoms with Gasteiger partial charge in [0, 0.05) is 5.56 Å². The summed E-state index contributed by atoms with van der Waals surface area (Å²) in [6.07, 6.45) is 2.70. The maximum absolute atomic E-state index is 13.0. The first-order valence-electron chi connectivity index (χ1n) is 8.58. The first-order valence-corrected chi connectivity index (χ1v) is 10.1. The van der Waals surface area contributed by atoms with E-state index in [2.05, 4.69) is 20.2 Å². The summed E-state index contributed by atoms with van der Waals surface area (Å²) in [4.78, 5) is 16.1. The molecule has 0 radical (unpaired) electrons. The zero-order valence-electron chi connectivity index (χ0n) is 16.3. The Balaban J connectivity index is 1.96. The number of ether oxygens (including phenoxy) is 1. The fraction of sp³-hybridized carbons (Fsp3) is 0.211. The molecule has 0 bridgehead atoms. The second-order valence-electron chi connectivity index (χ2n) is 6.40. The summed E-state index contributed by atoms with van der Waals surface area (Å²) in [5.74, 6) is -0.644. The second-order valence-corrected chi connectivity index (χ2v) is 8.05. The minimum atomic E-state index is -4.05. The topological polar surface area (TPSA) is 123 Å². The Morgan fingerprint density at radius 2 is 1.79 bits per heavy atom. The van der Waals surface area contributed by atoms with E-state index < -0.39 is 15.9 Å². The van der Waals surface area contributed by atoms with Gasteiger partial charge in [-0.05, 0) is 38.0 Å². The predicted octanol–water partition coefficient (Wildman–Crippen LogP) is 3.06. The van der Waals surface area contributed by atoms with Crippen LogP contribution in [-0.2, 0) is 10.0 Å². The van der Waals surface area contributed by atoms with Crippen LogP contribution in [0.5, 0.6) is 5.88 Å². The number of aromatic nitrogens is 2. The normalized spacial score (nSPS) is 11.2. The van der Waals surface area contributed by atoms with Gasteiger partial charge in [-0.3, -0.25) is 9.52 Å². The van der Waals surface area contributed by atoms with Crippen molar-refractivity contribution in [3.8, 4) is 5.88 Å². The Morgan fingerprint density at radius 1 is 1.10 bits per heavy atom. The van der Waals surface area contributed by atoms with Crippen LogP contribution in [0.3, 0.4) is 0 Å². The standard InChI is InChI=1S/C19H20N4O5S/c1-11-6-5-7-12(2)16(11)23-29(25,26)15-8-14(10-20-19(15)27-4)22-18(24)17-13(3)9-21-28-17/h5-10,23H,1-4H3,(H,22,24). The van der Waals surface area contributed by atoms with Gasteiger partial charge >= 0.3 is 0 Å². The van der Waals surface area contributed by atoms with E-state index in [0.29, 0.717) is 11.3 Å². The van der Waals surface area contributed by atoms with E-state index in [-0.39, 0.29) is 22.2 Å². The number of pyridine rings is 1. The fourth-order valence-corrected chi connectivity index (χ4v) is 4.06. The Hall–Kier alpha value is -3.40. The van der Waals surface area contributed by atoms with E-state index in [4.69, 9.17) is 9.26 Å². The molecular formula is C19H20N4O5S. The van der Waals surface area contributed by atoms with Crippen LogP contribution >= 0.6 is 0 Å². The Bertz CT molecular complexity index is 1150. The molecule has 3 rings (SSSR count). The molecule has 10 heteroatoms. The number of methoxy groups -OCH3 is 1. The lowest BCUT2D eigenvalue weighted by Crippen LogP contribution is -2.18. The predicted molar refractivity (Wildman–Crippen MR) is 107 cm³/mol. The van der Waals surface area contributed by atoms with Gasteiger partial charge in [0.05, 0.1) is 30.9 Å². The van der Waals surface area contributed by atoms with Crippen LogP contribution in [0.25, 0.3) is 0 Å². The molecule has 0 atom stereocenters. The molecule has 0 aliphatic rings. The number of rotatable bonds is 6. The van der Waals surface area contributed by atoms with Gasteiger partial charge in [0.1, 0.15) is 0 Å². The maximum Gasteiger partial charge on any atom is 0.294 e. The van der Waals surface area contributed by atoms with E-state index in [1.165, 1.54) is 25.6 Å². The van der Waals surface area contributed by atoms with Crippen LogP contribution in [0, 0.1) is 20.8 Å². The monoisotopic (exact) mass is 416 g/mol. The lowest BCUT2D eigenvalue weighted by atomic mass is 10.1. The van der Waals surface area contributed by atoms with Crippen molar-refractivity contribution in [3.05, 3.63) is 59.1 Å². The molecule has 3 aromatic rings. The van der Waals surface area contributed by atoms with Crippen molar-refractivity contribution in [2.24, 2.45) is 0 Å². The molecule has 9 nitrogen and oxygen atoms in total. The largest absolute Gasteiger partial charge is 0.480 e. The summed E-state index contributed by atoms with van der Waals surface area (Å²) in [5, 5.41) is 6.11. The van der Waals surface area contributed by atoms with Crippen LogP contribution in [0.4, 0.5) is 11.4 Å². The number of hydrogen-bond acceptors (Lipinski definition) is 7. The molecule has 2 aromatic heterocycles. The van der Waals surface area contributed by atoms with Gasteiger partial charge in [-0.15, -0.1) is 0 Å². The number of carbonyl (C=O) groups is 1. The summed E-state index contributed by atoms with van der Waals surface area (Å²) >= 11 is 0. The van der Waals surface area contributed by atoms with Crippen molar-refractivity contribution < 1.29 is 22.5 Å². The van der Waals surface area contributed by atoms with Gasteiger partial charge in [-0.25, -0.2) is 13.4 Å². The highest BCUT2D eigenvalue weighted by Gasteiger charge is 2.24. The summed E-state index contributed by atoms with van der Waals surface area (Å²) in [6, 6.07) is 6.71. The molecule has 0 aliphatic carbocycles. The molecule has 2 heterocycles. The third-order valence-electron chi connectivity index (χ3n) is 4.23. The Kier molecular flexibility index (Phi) is 5.55. The molecule has 0 saturated heterocycles. The highest BCUT2D eigenvalue weighted by molar-refractivity contribution is 7.92. The number of carbonyl (C=O) groups excluding carboxylic acids is 1. The molecule has 0 saturated carbocycles. The van der Waals surface area contributed by atoms with Crippen molar-refractivity contribution in [1.29, 1.82) is 0 Å². The minimum absolute atomic E-state index is 0.0267. The number of nitrogens with zero attached hydrogens (tertiary/aromatic N) is 2. The number of hydrogen-bond donors (Lipinski definition) is 2. The molecule has 152 valence electrons. The van der Waals surface area contributed by atoms with Gasteiger partial charge in [0.15, 0.2) is 4.90 Å². The van der Waals surface area contributed by atoms with Gasteiger partial charge in [-0.1, -0.05) is 23.4 Å². The molecule has 0 aliphatic heterocycles. The molecule has 1 aromatic carbocycles. The van der Waals surface area contributed by atoms with E-state index in [1.807, 2.05) is 6.07 Å². The molecule has 1 amide bonds. The Labute approximate surface area is 168 Å². The van der Waals surface area contributed by atoms with Crippen molar-refractivity contribution >= 4 is 27.3 Å². The van der Waals surface area contributed by atoms with E-state index in [9.17, 15) is 13.2 Å². The zero-order chi connectivity index (χ0) is 21.2. The first kappa shape index (κ1) is 20.3. The SMILES string of the molecule is COc1ncc(NC(=O)c2oncc2C)cc1S(=O)(=O)Nc1c(C)cccc1C. The molecule has 0 unspecified atom stereocenters. The van der Waals surface area contributed by atoms with E-state index in [1.54, 1.807) is 32.9 Å². The summed E-state index contributed by atoms with van der Waals surface area (Å²) < 4.78 is 38.7. The average Bonchev–Trinajstić information content (AvgIpc) is 3.11. The number of amides is 1. The third kappa shape index (κ3) is 4.21. The zero-order valence-corrected chi connectivity index (χ0v) is 17.1. The van der Waals surface area contributed by atoms with Gasteiger partial charge < -0.3 is 14.6 Å². The van der Waals surface area contributed by atoms with Crippen LogP contribution in [0.2, 0.25) is 0 Å². The van der Waals surface area contributed by atoms with Crippen LogP contribution < -0.4 is 14.8 Å². The third-order valence-corrected chi connectivity index (χ3v) is 5.58. The number of anilines is 2. The van der Waals surface area contributed by atoms with Crippen molar-refractivity contribution in [1.82, 2.24) is 10.1 Å². The highest BCUT2D eigenvalue weighted by Crippen LogP contribution is 2.29. The fourth-order valence-electron chi connectivity index (χ4n) is 2.71. The van der Waals surface area contributed by atoms with E-state index >= 15 is 0 Å². The van der Waals surface area contributed by atoms with Gasteiger partial charge in [0.25, 0.3) is 15.9 Å². The molecule has 0 fully saturated rings. The summed E-state index contributed by atoms with van der Waals surface area (Å²) in [7, 11) is -2.73. The molecule has 29 heavy (non-hydrogen) atoms. The number of para-hydroxylation sites is 1. The molecule has 0 spiro atoms. The molecule has 2 N–H and O–H groups in total. The maximum atomic E-state index is 13.0. The Morgan fingerprint density at radius 3 is 2.38 bits per heavy atom. The van der Waals surface area contributed by atoms with Gasteiger partial charge in [0.2, 0.25) is 11.6 Å². The van der Waals surface area contributed by atoms with Crippen molar-refractivity contribution in [2.75, 3.05) is 17.1 Å². The van der Waals surface area contributed by atoms with Gasteiger partial charge in [-0.2, -0.15) is 0 Å². The van der Waals surface area contributed by atoms with Crippen molar-refractivity contribution in [2.45, 2.75) is 25.7 Å². The summed E-state index contributed by atoms with van der Waals surface area (Å²) in [6.45, 7) is 5.27. The molecular weight excluding hydrogens is 396 g/mol. The summed E-state index contributed by atoms with van der Waals surface area (Å²) in [5.41, 5.74) is 2.72.